The van der Waals surface area contributed by atoms with Gasteiger partial charge in [0.1, 0.15) is 0 Å². The van der Waals surface area contributed by atoms with Gasteiger partial charge in [0.25, 0.3) is 0 Å². The third-order valence-electron chi connectivity index (χ3n) is 5.63. The molecule has 5 heteroatoms. The molecule has 0 spiro atoms. The highest BCUT2D eigenvalue weighted by atomic mass is 79.9. The highest BCUT2D eigenvalue weighted by molar-refractivity contribution is 9.41. The molecule has 0 aliphatic carbocycles. The summed E-state index contributed by atoms with van der Waals surface area (Å²) in [7, 11) is -3.62. The largest absolute Gasteiger partial charge is 0.0829 e. The Hall–Kier alpha value is 0.654. The second-order valence-electron chi connectivity index (χ2n) is 14.1. The molecule has 1 rings (SSSR count). The Bertz CT molecular complexity index is 862. The minimum Gasteiger partial charge on any atom is -0.0793 e. The molecule has 31 heavy (non-hydrogen) atoms. The van der Waals surface area contributed by atoms with Crippen molar-refractivity contribution in [1.82, 2.24) is 0 Å². The molecule has 0 aliphatic rings. The average Bonchev–Trinajstić information content (AvgIpc) is 2.45. The van der Waals surface area contributed by atoms with Crippen molar-refractivity contribution >= 4 is 68.1 Å². The second kappa shape index (κ2) is 9.36. The van der Waals surface area contributed by atoms with Gasteiger partial charge in [-0.2, -0.15) is 0 Å². The van der Waals surface area contributed by atoms with Crippen molar-refractivity contribution in [3.63, 3.8) is 0 Å². The van der Waals surface area contributed by atoms with E-state index in [9.17, 15) is 0 Å². The van der Waals surface area contributed by atoms with Crippen LogP contribution in [-0.2, 0) is 16.2 Å². The highest BCUT2D eigenvalue weighted by Crippen LogP contribution is 2.41. The molecule has 0 aliphatic heterocycles. The molecule has 0 N–H and O–H groups in total. The van der Waals surface area contributed by atoms with Crippen molar-refractivity contribution in [3.8, 4) is 0 Å². The maximum absolute atomic E-state index is 4.01. The Kier molecular flexibility index (Phi) is 8.97. The minimum atomic E-state index is -1.52. The normalized spacial score (nSPS) is 14.5. The molecule has 0 aromatic heterocycles. The first-order chi connectivity index (χ1) is 13.4. The summed E-state index contributed by atoms with van der Waals surface area (Å²) in [6.07, 6.45) is 0. The fourth-order valence-electron chi connectivity index (χ4n) is 4.53. The van der Waals surface area contributed by atoms with Crippen LogP contribution in [0.5, 0.6) is 0 Å². The molecule has 1 aromatic carbocycles. The second-order valence-corrected chi connectivity index (χ2v) is 31.3. The third kappa shape index (κ3) is 7.32. The summed E-state index contributed by atoms with van der Waals surface area (Å²) in [6, 6.07) is 5.07. The van der Waals surface area contributed by atoms with Crippen LogP contribution >= 0.6 is 39.0 Å². The van der Waals surface area contributed by atoms with E-state index in [2.05, 4.69) is 146 Å². The van der Waals surface area contributed by atoms with Crippen molar-refractivity contribution in [2.75, 3.05) is 0 Å². The van der Waals surface area contributed by atoms with Gasteiger partial charge in [0, 0.05) is 5.30 Å². The first-order valence-electron chi connectivity index (χ1n) is 11.5. The fraction of sp³-hybridized carbons (Fsp3) is 0.692. The van der Waals surface area contributed by atoms with Crippen LogP contribution in [0, 0.1) is 0 Å². The van der Waals surface area contributed by atoms with Crippen LogP contribution < -0.4 is 5.30 Å². The molecular weight excluding hydrogens is 559 g/mol. The van der Waals surface area contributed by atoms with Crippen molar-refractivity contribution in [2.24, 2.45) is 0 Å². The molecule has 0 saturated carbocycles. The van der Waals surface area contributed by atoms with Crippen molar-refractivity contribution in [1.29, 1.82) is 0 Å². The predicted molar refractivity (Wildman–Crippen MR) is 164 cm³/mol. The Labute approximate surface area is 213 Å². The molecule has 0 heterocycles. The molecule has 0 radical (unpaired) electrons. The third-order valence-corrected chi connectivity index (χ3v) is 22.2. The summed E-state index contributed by atoms with van der Waals surface area (Å²) in [6.45, 7) is 36.7. The molecule has 0 saturated heterocycles. The van der Waals surface area contributed by atoms with Crippen molar-refractivity contribution in [3.05, 3.63) is 28.8 Å². The summed E-state index contributed by atoms with van der Waals surface area (Å²) in [5.41, 5.74) is 4.80. The lowest BCUT2D eigenvalue weighted by Gasteiger charge is -2.37. The first kappa shape index (κ1) is 29.7. The molecule has 1 aromatic rings. The lowest BCUT2D eigenvalue weighted by molar-refractivity contribution is 0.554. The van der Waals surface area contributed by atoms with Gasteiger partial charge >= 0.3 is 0 Å². The maximum Gasteiger partial charge on any atom is 0.0829 e. The number of hydrogen-bond acceptors (Lipinski definition) is 0. The van der Waals surface area contributed by atoms with Crippen LogP contribution in [0.1, 0.15) is 79.0 Å². The van der Waals surface area contributed by atoms with Gasteiger partial charge in [-0.15, -0.1) is 0 Å². The Morgan fingerprint density at radius 1 is 0.645 bits per heavy atom. The van der Waals surface area contributed by atoms with Gasteiger partial charge in [-0.05, 0) is 64.8 Å². The molecule has 0 fully saturated rings. The van der Waals surface area contributed by atoms with E-state index in [1.807, 2.05) is 4.54 Å². The lowest BCUT2D eigenvalue weighted by atomic mass is 9.75. The molecule has 1 atom stereocenters. The Balaban J connectivity index is 4.61. The number of benzene rings is 1. The molecule has 178 valence electrons. The topological polar surface area (TPSA) is 0 Å². The average molecular weight is 607 g/mol. The monoisotopic (exact) mass is 604 g/mol. The minimum absolute atomic E-state index is 0.0800. The standard InChI is InChI=1S/C26H47Br2PSi2/c1-24(2,3)18-16-19(25(4,5)6)21(20(17-18)26(7,8)9)29(22(27)28)23(30(10,11)12)31(13,14)15/h16-17H,1-15H3. The maximum atomic E-state index is 4.01. The highest BCUT2D eigenvalue weighted by Gasteiger charge is 2.36. The summed E-state index contributed by atoms with van der Waals surface area (Å²) in [5.74, 6) is 0. The van der Waals surface area contributed by atoms with E-state index in [-0.39, 0.29) is 16.2 Å². The summed E-state index contributed by atoms with van der Waals surface area (Å²) < 4.78 is 3.15. The van der Waals surface area contributed by atoms with Gasteiger partial charge in [0.2, 0.25) is 0 Å². The number of hydrogen-bond donors (Lipinski definition) is 0. The van der Waals surface area contributed by atoms with Gasteiger partial charge in [0.05, 0.1) is 19.3 Å². The van der Waals surface area contributed by atoms with E-state index >= 15 is 0 Å². The molecule has 0 amide bonds. The number of halogens is 2. The van der Waals surface area contributed by atoms with E-state index in [1.54, 1.807) is 5.30 Å². The zero-order valence-corrected chi connectivity index (χ0v) is 28.9. The van der Waals surface area contributed by atoms with Gasteiger partial charge in [-0.25, -0.2) is 0 Å². The fourth-order valence-corrected chi connectivity index (χ4v) is 26.2. The van der Waals surface area contributed by atoms with Crippen LogP contribution in [-0.4, -0.2) is 23.8 Å². The summed E-state index contributed by atoms with van der Waals surface area (Å²) >= 11 is 8.02. The van der Waals surface area contributed by atoms with Gasteiger partial charge < -0.3 is 0 Å². The number of rotatable bonds is 3. The van der Waals surface area contributed by atoms with Crippen LogP contribution in [0.2, 0.25) is 39.3 Å². The van der Waals surface area contributed by atoms with E-state index in [0.29, 0.717) is 0 Å². The lowest BCUT2D eigenvalue weighted by Crippen LogP contribution is -2.50. The van der Waals surface area contributed by atoms with Crippen molar-refractivity contribution in [2.45, 2.75) is 118 Å². The van der Waals surface area contributed by atoms with E-state index < -0.39 is 23.3 Å². The van der Waals surface area contributed by atoms with Crippen LogP contribution in [0.25, 0.3) is 0 Å². The zero-order chi connectivity index (χ0) is 25.0. The van der Waals surface area contributed by atoms with Crippen LogP contribution in [0.15, 0.2) is 12.1 Å². The molecule has 0 bridgehead atoms. The van der Waals surface area contributed by atoms with Crippen LogP contribution in [0.3, 0.4) is 0 Å². The quantitative estimate of drug-likeness (QED) is 0.238. The van der Waals surface area contributed by atoms with Gasteiger partial charge in [0.15, 0.2) is 0 Å². The predicted octanol–water partition coefficient (Wildman–Crippen LogP) is 9.49. The smallest absolute Gasteiger partial charge is 0.0793 e. The molecular formula is C26H47Br2PSi2. The van der Waals surface area contributed by atoms with E-state index in [4.69, 9.17) is 0 Å². The van der Waals surface area contributed by atoms with Crippen LogP contribution in [0.4, 0.5) is 0 Å². The molecule has 0 nitrogen and oxygen atoms in total. The summed E-state index contributed by atoms with van der Waals surface area (Å²) in [5, 5.41) is 1.60. The summed E-state index contributed by atoms with van der Waals surface area (Å²) in [4.78, 5) is 0. The van der Waals surface area contributed by atoms with E-state index in [0.717, 1.165) is 0 Å². The van der Waals surface area contributed by atoms with Gasteiger partial charge in [-0.3, -0.25) is 0 Å². The Morgan fingerprint density at radius 3 is 1.16 bits per heavy atom. The van der Waals surface area contributed by atoms with E-state index in [1.165, 1.54) is 19.8 Å². The van der Waals surface area contributed by atoms with Gasteiger partial charge in [-0.1, -0.05) is 125 Å². The van der Waals surface area contributed by atoms with Crippen molar-refractivity contribution < 1.29 is 0 Å². The first-order valence-corrected chi connectivity index (χ1v) is 21.4. The SMILES string of the molecule is CC(C)(C)c1cc(C(C)(C)C)c(P(=C(Br)Br)=C([Si](C)(C)C)[Si](C)(C)C)c(C(C)(C)C)c1. The molecule has 1 unspecified atom stereocenters. The Morgan fingerprint density at radius 2 is 0.968 bits per heavy atom. The zero-order valence-electron chi connectivity index (χ0n) is 22.9.